The Morgan fingerprint density at radius 1 is 1.53 bits per heavy atom. The van der Waals surface area contributed by atoms with E-state index in [0.717, 1.165) is 12.8 Å². The van der Waals surface area contributed by atoms with Crippen LogP contribution in [0.15, 0.2) is 12.3 Å². The number of ether oxygens (including phenoxy) is 1. The van der Waals surface area contributed by atoms with E-state index in [4.69, 9.17) is 5.11 Å². The van der Waals surface area contributed by atoms with Gasteiger partial charge in [-0.15, -0.1) is 0 Å². The number of hydrogen-bond donors (Lipinski definition) is 1. The molecule has 1 heterocycles. The first-order valence-electron chi connectivity index (χ1n) is 4.71. The number of nitrogens with zero attached hydrogens (tertiary/aromatic N) is 1. The van der Waals surface area contributed by atoms with Crippen LogP contribution in [-0.4, -0.2) is 16.2 Å². The third-order valence-corrected chi connectivity index (χ3v) is 2.12. The van der Waals surface area contributed by atoms with Gasteiger partial charge >= 0.3 is 6.11 Å². The lowest BCUT2D eigenvalue weighted by Gasteiger charge is -2.15. The topological polar surface area (TPSA) is 42.4 Å². The van der Waals surface area contributed by atoms with Crippen LogP contribution in [0, 0.1) is 0 Å². The van der Waals surface area contributed by atoms with E-state index in [1.54, 1.807) is 0 Å². The Kier molecular flexibility index (Phi) is 2.25. The van der Waals surface area contributed by atoms with Gasteiger partial charge in [-0.3, -0.25) is 4.98 Å². The van der Waals surface area contributed by atoms with Crippen LogP contribution in [0.3, 0.4) is 0 Å². The second-order valence-electron chi connectivity index (χ2n) is 3.76. The number of aromatic hydroxyl groups is 1. The first kappa shape index (κ1) is 10.1. The molecule has 0 unspecified atom stereocenters. The van der Waals surface area contributed by atoms with Crippen LogP contribution in [0.4, 0.5) is 8.78 Å². The van der Waals surface area contributed by atoms with Gasteiger partial charge in [-0.1, -0.05) is 0 Å². The highest BCUT2D eigenvalue weighted by atomic mass is 19.3. The zero-order valence-corrected chi connectivity index (χ0v) is 8.20. The molecule has 3 nitrogen and oxygen atoms in total. The van der Waals surface area contributed by atoms with Crippen molar-refractivity contribution in [2.24, 2.45) is 0 Å². The molecule has 1 aromatic heterocycles. The first-order valence-corrected chi connectivity index (χ1v) is 4.71. The van der Waals surface area contributed by atoms with Crippen LogP contribution in [0.1, 0.15) is 31.4 Å². The monoisotopic (exact) mass is 215 g/mol. The van der Waals surface area contributed by atoms with Crippen molar-refractivity contribution in [1.29, 1.82) is 0 Å². The minimum atomic E-state index is -3.25. The van der Waals surface area contributed by atoms with E-state index in [2.05, 4.69) is 9.72 Å². The van der Waals surface area contributed by atoms with E-state index in [1.807, 2.05) is 0 Å². The highest BCUT2D eigenvalue weighted by Crippen LogP contribution is 2.44. The van der Waals surface area contributed by atoms with Gasteiger partial charge in [0.1, 0.15) is 5.75 Å². The molecular formula is C10H11F2NO2. The molecule has 1 N–H and O–H groups in total. The molecule has 0 amide bonds. The predicted molar refractivity (Wildman–Crippen MR) is 49.1 cm³/mol. The van der Waals surface area contributed by atoms with Crippen LogP contribution < -0.4 is 4.74 Å². The van der Waals surface area contributed by atoms with E-state index in [-0.39, 0.29) is 17.4 Å². The van der Waals surface area contributed by atoms with Crippen molar-refractivity contribution in [2.45, 2.75) is 31.8 Å². The fourth-order valence-electron chi connectivity index (χ4n) is 1.38. The molecule has 0 aromatic carbocycles. The molecule has 0 bridgehead atoms. The van der Waals surface area contributed by atoms with Crippen molar-refractivity contribution in [2.75, 3.05) is 0 Å². The zero-order chi connectivity index (χ0) is 11.1. The second kappa shape index (κ2) is 3.32. The molecule has 0 spiro atoms. The van der Waals surface area contributed by atoms with Gasteiger partial charge in [-0.2, -0.15) is 8.78 Å². The maximum atomic E-state index is 12.7. The van der Waals surface area contributed by atoms with Crippen molar-refractivity contribution in [1.82, 2.24) is 4.98 Å². The summed E-state index contributed by atoms with van der Waals surface area (Å²) in [6.45, 7) is 0.660. The summed E-state index contributed by atoms with van der Waals surface area (Å²) in [6, 6.07) is 1.18. The molecule has 82 valence electrons. The van der Waals surface area contributed by atoms with E-state index < -0.39 is 6.11 Å². The Balaban J connectivity index is 2.30. The molecule has 1 aromatic rings. The minimum absolute atomic E-state index is 0.0231. The van der Waals surface area contributed by atoms with E-state index in [1.165, 1.54) is 12.3 Å². The molecule has 5 heteroatoms. The molecule has 0 aliphatic heterocycles. The highest BCUT2D eigenvalue weighted by molar-refractivity contribution is 5.38. The van der Waals surface area contributed by atoms with Crippen molar-refractivity contribution in [3.8, 4) is 11.5 Å². The molecule has 1 aliphatic carbocycles. The van der Waals surface area contributed by atoms with Gasteiger partial charge in [0.15, 0.2) is 5.75 Å². The Bertz CT molecular complexity index is 372. The summed E-state index contributed by atoms with van der Waals surface area (Å²) < 4.78 is 29.8. The standard InChI is InChI=1S/C10H11F2NO2/c1-10(11,12)15-8-4-7(14)5-13-9(8)6-2-3-6/h4-6,14H,2-3H2,1H3. The fraction of sp³-hybridized carbons (Fsp3) is 0.500. The Labute approximate surface area is 85.7 Å². The highest BCUT2D eigenvalue weighted by Gasteiger charge is 2.32. The third-order valence-electron chi connectivity index (χ3n) is 2.12. The Morgan fingerprint density at radius 2 is 2.20 bits per heavy atom. The van der Waals surface area contributed by atoms with Gasteiger partial charge < -0.3 is 9.84 Å². The SMILES string of the molecule is CC(F)(F)Oc1cc(O)cnc1C1CC1. The number of rotatable bonds is 3. The lowest BCUT2D eigenvalue weighted by Crippen LogP contribution is -2.20. The van der Waals surface area contributed by atoms with Gasteiger partial charge in [0.25, 0.3) is 0 Å². The average molecular weight is 215 g/mol. The minimum Gasteiger partial charge on any atom is -0.506 e. The van der Waals surface area contributed by atoms with E-state index >= 15 is 0 Å². The average Bonchev–Trinajstić information content (AvgIpc) is 2.84. The normalized spacial score (nSPS) is 16.5. The smallest absolute Gasteiger partial charge is 0.394 e. The summed E-state index contributed by atoms with van der Waals surface area (Å²) >= 11 is 0. The molecule has 15 heavy (non-hydrogen) atoms. The molecule has 1 fully saturated rings. The summed E-state index contributed by atoms with van der Waals surface area (Å²) in [6.07, 6.45) is -0.139. The third kappa shape index (κ3) is 2.55. The van der Waals surface area contributed by atoms with Crippen molar-refractivity contribution >= 4 is 0 Å². The van der Waals surface area contributed by atoms with Gasteiger partial charge in [-0.05, 0) is 12.8 Å². The zero-order valence-electron chi connectivity index (χ0n) is 8.20. The number of aromatic nitrogens is 1. The van der Waals surface area contributed by atoms with Crippen LogP contribution >= 0.6 is 0 Å². The van der Waals surface area contributed by atoms with Crippen LogP contribution in [-0.2, 0) is 0 Å². The number of halogens is 2. The van der Waals surface area contributed by atoms with Crippen LogP contribution in [0.5, 0.6) is 11.5 Å². The maximum absolute atomic E-state index is 12.7. The van der Waals surface area contributed by atoms with Gasteiger partial charge in [0.05, 0.1) is 11.9 Å². The van der Waals surface area contributed by atoms with Gasteiger partial charge in [0.2, 0.25) is 0 Å². The number of alkyl halides is 2. The molecule has 0 atom stereocenters. The Hall–Kier alpha value is -1.39. The van der Waals surface area contributed by atoms with Crippen molar-refractivity contribution in [3.63, 3.8) is 0 Å². The molecule has 1 saturated carbocycles. The molecule has 1 aliphatic rings. The summed E-state index contributed by atoms with van der Waals surface area (Å²) in [7, 11) is 0. The number of hydrogen-bond acceptors (Lipinski definition) is 3. The molecule has 0 radical (unpaired) electrons. The van der Waals surface area contributed by atoms with Crippen LogP contribution in [0.25, 0.3) is 0 Å². The summed E-state index contributed by atoms with van der Waals surface area (Å²) in [5.74, 6) is 0.00611. The summed E-state index contributed by atoms with van der Waals surface area (Å²) in [5.41, 5.74) is 0.509. The Morgan fingerprint density at radius 3 is 2.73 bits per heavy atom. The summed E-state index contributed by atoms with van der Waals surface area (Å²) in [5, 5.41) is 9.15. The lowest BCUT2D eigenvalue weighted by molar-refractivity contribution is -0.159. The maximum Gasteiger partial charge on any atom is 0.394 e. The lowest BCUT2D eigenvalue weighted by atomic mass is 10.2. The molecular weight excluding hydrogens is 204 g/mol. The largest absolute Gasteiger partial charge is 0.506 e. The van der Waals surface area contributed by atoms with Crippen molar-refractivity contribution < 1.29 is 18.6 Å². The summed E-state index contributed by atoms with van der Waals surface area (Å²) in [4.78, 5) is 3.92. The quantitative estimate of drug-likeness (QED) is 0.842. The fourth-order valence-corrected chi connectivity index (χ4v) is 1.38. The number of pyridine rings is 1. The second-order valence-corrected chi connectivity index (χ2v) is 3.76. The predicted octanol–water partition coefficient (Wildman–Crippen LogP) is 2.66. The first-order chi connectivity index (χ1) is 6.96. The van der Waals surface area contributed by atoms with Crippen LogP contribution in [0.2, 0.25) is 0 Å². The van der Waals surface area contributed by atoms with Gasteiger partial charge in [0, 0.05) is 18.9 Å². The molecule has 0 saturated heterocycles. The molecule has 2 rings (SSSR count). The van der Waals surface area contributed by atoms with E-state index in [9.17, 15) is 8.78 Å². The van der Waals surface area contributed by atoms with Crippen molar-refractivity contribution in [3.05, 3.63) is 18.0 Å². The van der Waals surface area contributed by atoms with Gasteiger partial charge in [-0.25, -0.2) is 0 Å². The van der Waals surface area contributed by atoms with E-state index in [0.29, 0.717) is 12.6 Å².